The molecule has 2 rings (SSSR count). The molecule has 0 radical (unpaired) electrons. The molecule has 98 valence electrons. The minimum absolute atomic E-state index is 0.218. The summed E-state index contributed by atoms with van der Waals surface area (Å²) >= 11 is 1.05. The number of aromatic nitrogens is 1. The Hall–Kier alpha value is -2.08. The number of nitrogens with zero attached hydrogens (tertiary/aromatic N) is 1. The maximum absolute atomic E-state index is 13.6. The number of nitrogen functional groups attached to an aromatic ring is 1. The third-order valence-electron chi connectivity index (χ3n) is 2.32. The van der Waals surface area contributed by atoms with E-state index in [1.807, 2.05) is 0 Å². The van der Waals surface area contributed by atoms with Crippen molar-refractivity contribution in [2.45, 2.75) is 9.92 Å². The molecule has 0 unspecified atom stereocenters. The highest BCUT2D eigenvalue weighted by molar-refractivity contribution is 7.99. The Balaban J connectivity index is 2.40. The Morgan fingerprint density at radius 3 is 2.84 bits per heavy atom. The molecule has 0 amide bonds. The number of ether oxygens (including phenoxy) is 1. The van der Waals surface area contributed by atoms with Gasteiger partial charge in [-0.2, -0.15) is 0 Å². The van der Waals surface area contributed by atoms with Crippen LogP contribution in [0, 0.1) is 5.82 Å². The molecule has 0 saturated carbocycles. The van der Waals surface area contributed by atoms with E-state index in [0.717, 1.165) is 11.8 Å². The molecule has 1 aromatic carbocycles. The van der Waals surface area contributed by atoms with Crippen molar-refractivity contribution < 1.29 is 13.9 Å². The number of nitrogens with two attached hydrogens (primary N) is 1. The highest BCUT2D eigenvalue weighted by Gasteiger charge is 2.16. The third-order valence-corrected chi connectivity index (χ3v) is 3.39. The van der Waals surface area contributed by atoms with E-state index in [1.165, 1.54) is 25.4 Å². The number of esters is 1. The molecule has 0 aliphatic rings. The molecule has 0 aliphatic carbocycles. The predicted octanol–water partition coefficient (Wildman–Crippen LogP) is 2.74. The molecule has 0 spiro atoms. The molecule has 4 nitrogen and oxygen atoms in total. The van der Waals surface area contributed by atoms with Crippen molar-refractivity contribution >= 4 is 23.4 Å². The van der Waals surface area contributed by atoms with Gasteiger partial charge in [0.1, 0.15) is 10.8 Å². The number of pyridine rings is 1. The van der Waals surface area contributed by atoms with Gasteiger partial charge in [-0.05, 0) is 18.2 Å². The van der Waals surface area contributed by atoms with E-state index >= 15 is 0 Å². The van der Waals surface area contributed by atoms with Crippen LogP contribution in [0.5, 0.6) is 0 Å². The van der Waals surface area contributed by atoms with Crippen LogP contribution >= 0.6 is 11.8 Å². The second-order valence-electron chi connectivity index (χ2n) is 3.65. The van der Waals surface area contributed by atoms with Gasteiger partial charge in [0, 0.05) is 4.90 Å². The number of halogens is 1. The third kappa shape index (κ3) is 3.03. The average Bonchev–Trinajstić information content (AvgIpc) is 2.42. The Morgan fingerprint density at radius 1 is 1.42 bits per heavy atom. The molecule has 2 aromatic rings. The zero-order chi connectivity index (χ0) is 13.8. The zero-order valence-corrected chi connectivity index (χ0v) is 10.9. The number of carbonyl (C=O) groups is 1. The predicted molar refractivity (Wildman–Crippen MR) is 70.5 cm³/mol. The average molecular weight is 278 g/mol. The van der Waals surface area contributed by atoms with Gasteiger partial charge in [-0.25, -0.2) is 14.2 Å². The minimum Gasteiger partial charge on any atom is -0.465 e. The lowest BCUT2D eigenvalue weighted by Crippen LogP contribution is -2.05. The van der Waals surface area contributed by atoms with E-state index in [0.29, 0.717) is 15.6 Å². The normalized spacial score (nSPS) is 10.2. The van der Waals surface area contributed by atoms with Crippen molar-refractivity contribution in [3.05, 3.63) is 47.9 Å². The summed E-state index contributed by atoms with van der Waals surface area (Å²) in [6.45, 7) is 0. The Labute approximate surface area is 113 Å². The largest absolute Gasteiger partial charge is 0.465 e. The van der Waals surface area contributed by atoms with Crippen LogP contribution in [0.1, 0.15) is 10.4 Å². The van der Waals surface area contributed by atoms with Crippen molar-refractivity contribution in [1.29, 1.82) is 0 Å². The summed E-state index contributed by atoms with van der Waals surface area (Å²) in [4.78, 5) is 16.1. The van der Waals surface area contributed by atoms with Crippen molar-refractivity contribution in [3.8, 4) is 0 Å². The molecule has 6 heteroatoms. The molecule has 2 N–H and O–H groups in total. The molecular formula is C13H11FN2O2S. The fourth-order valence-electron chi connectivity index (χ4n) is 1.44. The van der Waals surface area contributed by atoms with Crippen LogP contribution in [0.25, 0.3) is 0 Å². The van der Waals surface area contributed by atoms with Crippen LogP contribution < -0.4 is 5.73 Å². The molecule has 0 atom stereocenters. The molecule has 0 fully saturated rings. The Bertz CT molecular complexity index is 619. The summed E-state index contributed by atoms with van der Waals surface area (Å²) in [7, 11) is 1.27. The number of hydrogen-bond donors (Lipinski definition) is 1. The van der Waals surface area contributed by atoms with Crippen LogP contribution in [0.2, 0.25) is 0 Å². The van der Waals surface area contributed by atoms with E-state index in [4.69, 9.17) is 5.73 Å². The van der Waals surface area contributed by atoms with Gasteiger partial charge in [-0.1, -0.05) is 23.9 Å². The highest BCUT2D eigenvalue weighted by atomic mass is 32.2. The van der Waals surface area contributed by atoms with Gasteiger partial charge >= 0.3 is 5.97 Å². The summed E-state index contributed by atoms with van der Waals surface area (Å²) in [6, 6.07) is 7.72. The van der Waals surface area contributed by atoms with Gasteiger partial charge in [0.05, 0.1) is 24.6 Å². The van der Waals surface area contributed by atoms with Gasteiger partial charge < -0.3 is 10.5 Å². The maximum atomic E-state index is 13.6. The molecule has 1 aromatic heterocycles. The smallest absolute Gasteiger partial charge is 0.340 e. The zero-order valence-electron chi connectivity index (χ0n) is 10.1. The molecular weight excluding hydrogens is 267 g/mol. The van der Waals surface area contributed by atoms with Crippen LogP contribution in [0.15, 0.2) is 46.5 Å². The summed E-state index contributed by atoms with van der Waals surface area (Å²) in [5.41, 5.74) is 6.15. The van der Waals surface area contributed by atoms with Gasteiger partial charge in [0.25, 0.3) is 0 Å². The van der Waals surface area contributed by atoms with E-state index in [-0.39, 0.29) is 11.4 Å². The Morgan fingerprint density at radius 2 is 2.16 bits per heavy atom. The standard InChI is InChI=1S/C13H11FN2O2S/c1-18-13(17)9-6-8(15)7-16-12(9)19-11-5-3-2-4-10(11)14/h2-7H,15H2,1H3. The second-order valence-corrected chi connectivity index (χ2v) is 4.68. The number of anilines is 1. The fourth-order valence-corrected chi connectivity index (χ4v) is 2.32. The van der Waals surface area contributed by atoms with Crippen molar-refractivity contribution in [2.24, 2.45) is 0 Å². The van der Waals surface area contributed by atoms with Crippen LogP contribution in [-0.4, -0.2) is 18.1 Å². The van der Waals surface area contributed by atoms with Crippen molar-refractivity contribution in [3.63, 3.8) is 0 Å². The molecule has 1 heterocycles. The summed E-state index contributed by atoms with van der Waals surface area (Å²) in [5, 5.41) is 0.353. The van der Waals surface area contributed by atoms with E-state index in [9.17, 15) is 9.18 Å². The lowest BCUT2D eigenvalue weighted by molar-refractivity contribution is 0.0596. The summed E-state index contributed by atoms with van der Waals surface area (Å²) in [5.74, 6) is -0.930. The number of benzene rings is 1. The summed E-state index contributed by atoms with van der Waals surface area (Å²) < 4.78 is 18.2. The van der Waals surface area contributed by atoms with Crippen LogP contribution in [0.3, 0.4) is 0 Å². The molecule has 0 bridgehead atoms. The number of methoxy groups -OCH3 is 1. The van der Waals surface area contributed by atoms with Crippen molar-refractivity contribution in [1.82, 2.24) is 4.98 Å². The van der Waals surface area contributed by atoms with Gasteiger partial charge in [0.2, 0.25) is 0 Å². The number of hydrogen-bond acceptors (Lipinski definition) is 5. The lowest BCUT2D eigenvalue weighted by atomic mass is 10.3. The number of carbonyl (C=O) groups excluding carboxylic acids is 1. The maximum Gasteiger partial charge on any atom is 0.340 e. The van der Waals surface area contributed by atoms with Gasteiger partial charge in [0.15, 0.2) is 0 Å². The first-order chi connectivity index (χ1) is 9.11. The number of rotatable bonds is 3. The second kappa shape index (κ2) is 5.71. The Kier molecular flexibility index (Phi) is 4.01. The topological polar surface area (TPSA) is 65.2 Å². The first-order valence-corrected chi connectivity index (χ1v) is 6.19. The minimum atomic E-state index is -0.557. The first kappa shape index (κ1) is 13.4. The first-order valence-electron chi connectivity index (χ1n) is 5.38. The molecule has 0 aliphatic heterocycles. The van der Waals surface area contributed by atoms with Crippen LogP contribution in [0.4, 0.5) is 10.1 Å². The van der Waals surface area contributed by atoms with Crippen LogP contribution in [-0.2, 0) is 4.74 Å². The van der Waals surface area contributed by atoms with Crippen molar-refractivity contribution in [2.75, 3.05) is 12.8 Å². The lowest BCUT2D eigenvalue weighted by Gasteiger charge is -2.08. The SMILES string of the molecule is COC(=O)c1cc(N)cnc1Sc1ccccc1F. The highest BCUT2D eigenvalue weighted by Crippen LogP contribution is 2.31. The van der Waals surface area contributed by atoms with Gasteiger partial charge in [-0.3, -0.25) is 0 Å². The van der Waals surface area contributed by atoms with E-state index in [1.54, 1.807) is 18.2 Å². The quantitative estimate of drug-likeness (QED) is 0.874. The summed E-state index contributed by atoms with van der Waals surface area (Å²) in [6.07, 6.45) is 1.41. The molecule has 19 heavy (non-hydrogen) atoms. The van der Waals surface area contributed by atoms with E-state index in [2.05, 4.69) is 9.72 Å². The fraction of sp³-hybridized carbons (Fsp3) is 0.0769. The monoisotopic (exact) mass is 278 g/mol. The van der Waals surface area contributed by atoms with Gasteiger partial charge in [-0.15, -0.1) is 0 Å². The molecule has 0 saturated heterocycles. The van der Waals surface area contributed by atoms with E-state index < -0.39 is 5.97 Å².